The Balaban J connectivity index is 2.22. The molecule has 0 amide bonds. The summed E-state index contributed by atoms with van der Waals surface area (Å²) in [5, 5.41) is 0. The molecule has 1 aliphatic carbocycles. The number of carbonyl (C=O) groups is 1. The molecule has 0 fully saturated rings. The van der Waals surface area contributed by atoms with E-state index in [2.05, 4.69) is 42.8 Å². The molecule has 0 aliphatic heterocycles. The molecule has 1 aliphatic rings. The number of aliphatic imine (C=N–C) groups is 1. The number of benzene rings is 1. The minimum Gasteiger partial charge on any atom is -0.397 e. The number of ketones is 1. The molecular formula is C17H21N3O. The van der Waals surface area contributed by atoms with Crippen molar-refractivity contribution in [2.45, 2.75) is 26.8 Å². The van der Waals surface area contributed by atoms with Crippen LogP contribution >= 0.6 is 0 Å². The fourth-order valence-corrected chi connectivity index (χ4v) is 2.34. The Labute approximate surface area is 125 Å². The first-order valence-corrected chi connectivity index (χ1v) is 7.16. The Morgan fingerprint density at radius 2 is 1.86 bits per heavy atom. The van der Waals surface area contributed by atoms with Gasteiger partial charge in [0.2, 0.25) is 0 Å². The normalized spacial score (nSPS) is 16.5. The molecule has 0 radical (unpaired) electrons. The van der Waals surface area contributed by atoms with E-state index >= 15 is 0 Å². The summed E-state index contributed by atoms with van der Waals surface area (Å²) >= 11 is 0. The minimum absolute atomic E-state index is 0.0997. The topological polar surface area (TPSA) is 58.7 Å². The lowest BCUT2D eigenvalue weighted by atomic mass is 10.1. The van der Waals surface area contributed by atoms with E-state index in [0.29, 0.717) is 17.5 Å². The number of nitrogens with two attached hydrogens (primary N) is 1. The molecule has 0 aromatic heterocycles. The molecule has 0 atom stereocenters. The first-order valence-electron chi connectivity index (χ1n) is 7.16. The Hall–Kier alpha value is -2.36. The van der Waals surface area contributed by atoms with Crippen molar-refractivity contribution in [3.8, 4) is 0 Å². The monoisotopic (exact) mass is 283 g/mol. The van der Waals surface area contributed by atoms with E-state index in [4.69, 9.17) is 5.73 Å². The van der Waals surface area contributed by atoms with Crippen LogP contribution in [0, 0.1) is 0 Å². The van der Waals surface area contributed by atoms with Gasteiger partial charge in [-0.3, -0.25) is 4.79 Å². The van der Waals surface area contributed by atoms with E-state index in [0.717, 1.165) is 12.2 Å². The lowest BCUT2D eigenvalue weighted by Crippen LogP contribution is -2.30. The Kier molecular flexibility index (Phi) is 4.58. The standard InChI is InChI=1S/C17H21N3O/c1-4-20(12(2)3)14-7-5-13(6-8-14)19-17-10-9-15(21)11-16(17)18/h5-12H,4,18H2,1-3H3. The summed E-state index contributed by atoms with van der Waals surface area (Å²) in [7, 11) is 0. The van der Waals surface area contributed by atoms with Gasteiger partial charge in [0.1, 0.15) is 0 Å². The van der Waals surface area contributed by atoms with Gasteiger partial charge in [0.15, 0.2) is 5.78 Å². The second-order valence-corrected chi connectivity index (χ2v) is 5.23. The van der Waals surface area contributed by atoms with E-state index < -0.39 is 0 Å². The molecule has 0 spiro atoms. The van der Waals surface area contributed by atoms with Crippen molar-refractivity contribution in [1.82, 2.24) is 0 Å². The molecule has 4 heteroatoms. The first kappa shape index (κ1) is 15.0. The number of carbonyl (C=O) groups excluding carboxylic acids is 1. The molecule has 0 heterocycles. The van der Waals surface area contributed by atoms with Crippen LogP contribution in [0.15, 0.2) is 53.2 Å². The third-order valence-electron chi connectivity index (χ3n) is 3.39. The Morgan fingerprint density at radius 1 is 1.19 bits per heavy atom. The fraction of sp³-hybridized carbons (Fsp3) is 0.294. The SMILES string of the molecule is CCN(c1ccc(N=C2C=CC(=O)C=C2N)cc1)C(C)C. The van der Waals surface area contributed by atoms with Gasteiger partial charge >= 0.3 is 0 Å². The molecule has 0 saturated heterocycles. The number of hydrogen-bond acceptors (Lipinski definition) is 4. The highest BCUT2D eigenvalue weighted by molar-refractivity contribution is 6.19. The third-order valence-corrected chi connectivity index (χ3v) is 3.39. The highest BCUT2D eigenvalue weighted by atomic mass is 16.1. The van der Waals surface area contributed by atoms with Gasteiger partial charge in [-0.2, -0.15) is 0 Å². The van der Waals surface area contributed by atoms with Gasteiger partial charge in [-0.05, 0) is 57.2 Å². The molecule has 1 aromatic carbocycles. The molecule has 110 valence electrons. The maximum Gasteiger partial charge on any atom is 0.180 e. The third kappa shape index (κ3) is 3.60. The largest absolute Gasteiger partial charge is 0.397 e. The van der Waals surface area contributed by atoms with E-state index in [1.165, 1.54) is 17.8 Å². The minimum atomic E-state index is -0.0997. The number of nitrogens with zero attached hydrogens (tertiary/aromatic N) is 2. The van der Waals surface area contributed by atoms with Crippen LogP contribution in [0.4, 0.5) is 11.4 Å². The molecule has 0 saturated carbocycles. The van der Waals surface area contributed by atoms with Crippen molar-refractivity contribution in [2.75, 3.05) is 11.4 Å². The van der Waals surface area contributed by atoms with Gasteiger partial charge in [0.05, 0.1) is 17.1 Å². The Morgan fingerprint density at radius 3 is 2.38 bits per heavy atom. The number of rotatable bonds is 4. The summed E-state index contributed by atoms with van der Waals surface area (Å²) in [6.07, 6.45) is 4.52. The van der Waals surface area contributed by atoms with Crippen molar-refractivity contribution >= 4 is 22.9 Å². The van der Waals surface area contributed by atoms with Crippen LogP contribution < -0.4 is 10.6 Å². The number of anilines is 1. The highest BCUT2D eigenvalue weighted by Crippen LogP contribution is 2.22. The molecule has 0 unspecified atom stereocenters. The van der Waals surface area contributed by atoms with Gasteiger partial charge < -0.3 is 10.6 Å². The van der Waals surface area contributed by atoms with Gasteiger partial charge in [0.25, 0.3) is 0 Å². The first-order chi connectivity index (χ1) is 10.0. The Bertz CT molecular complexity index is 609. The summed E-state index contributed by atoms with van der Waals surface area (Å²) in [6.45, 7) is 7.45. The van der Waals surface area contributed by atoms with E-state index in [9.17, 15) is 4.79 Å². The number of hydrogen-bond donors (Lipinski definition) is 1. The van der Waals surface area contributed by atoms with Crippen LogP contribution in [0.1, 0.15) is 20.8 Å². The van der Waals surface area contributed by atoms with Crippen molar-refractivity contribution in [3.63, 3.8) is 0 Å². The van der Waals surface area contributed by atoms with Crippen LogP contribution in [-0.2, 0) is 4.79 Å². The second kappa shape index (κ2) is 6.39. The molecule has 0 bridgehead atoms. The van der Waals surface area contributed by atoms with Crippen LogP contribution in [0.5, 0.6) is 0 Å². The number of allylic oxidation sites excluding steroid dienone is 3. The summed E-state index contributed by atoms with van der Waals surface area (Å²) in [4.78, 5) is 18.0. The van der Waals surface area contributed by atoms with Crippen LogP contribution in [0.25, 0.3) is 0 Å². The molecule has 2 N–H and O–H groups in total. The predicted molar refractivity (Wildman–Crippen MR) is 88.1 cm³/mol. The predicted octanol–water partition coefficient (Wildman–Crippen LogP) is 2.98. The molecule has 1 aromatic rings. The molecular weight excluding hydrogens is 262 g/mol. The fourth-order valence-electron chi connectivity index (χ4n) is 2.34. The van der Waals surface area contributed by atoms with Crippen LogP contribution in [0.2, 0.25) is 0 Å². The van der Waals surface area contributed by atoms with Crippen LogP contribution in [0.3, 0.4) is 0 Å². The van der Waals surface area contributed by atoms with Crippen molar-refractivity contribution in [1.29, 1.82) is 0 Å². The van der Waals surface area contributed by atoms with Gasteiger partial charge in [-0.1, -0.05) is 0 Å². The van der Waals surface area contributed by atoms with Crippen molar-refractivity contribution < 1.29 is 4.79 Å². The zero-order valence-corrected chi connectivity index (χ0v) is 12.7. The van der Waals surface area contributed by atoms with Crippen LogP contribution in [-0.4, -0.2) is 24.1 Å². The highest BCUT2D eigenvalue weighted by Gasteiger charge is 2.09. The summed E-state index contributed by atoms with van der Waals surface area (Å²) in [5.41, 5.74) is 8.84. The maximum absolute atomic E-state index is 11.2. The molecule has 21 heavy (non-hydrogen) atoms. The van der Waals surface area contributed by atoms with Gasteiger partial charge in [0, 0.05) is 24.4 Å². The van der Waals surface area contributed by atoms with Crippen molar-refractivity contribution in [3.05, 3.63) is 48.2 Å². The van der Waals surface area contributed by atoms with E-state index in [1.807, 2.05) is 12.1 Å². The smallest absolute Gasteiger partial charge is 0.180 e. The summed E-state index contributed by atoms with van der Waals surface area (Å²) in [6, 6.07) is 8.50. The van der Waals surface area contributed by atoms with Gasteiger partial charge in [-0.15, -0.1) is 0 Å². The van der Waals surface area contributed by atoms with E-state index in [-0.39, 0.29) is 5.78 Å². The second-order valence-electron chi connectivity index (χ2n) is 5.23. The molecule has 4 nitrogen and oxygen atoms in total. The quantitative estimate of drug-likeness (QED) is 0.864. The van der Waals surface area contributed by atoms with Gasteiger partial charge in [-0.25, -0.2) is 4.99 Å². The summed E-state index contributed by atoms with van der Waals surface area (Å²) in [5.74, 6) is -0.0997. The average Bonchev–Trinajstić information content (AvgIpc) is 2.44. The zero-order chi connectivity index (χ0) is 15.4. The zero-order valence-electron chi connectivity index (χ0n) is 12.7. The summed E-state index contributed by atoms with van der Waals surface area (Å²) < 4.78 is 0. The van der Waals surface area contributed by atoms with Crippen molar-refractivity contribution in [2.24, 2.45) is 10.7 Å². The average molecular weight is 283 g/mol. The maximum atomic E-state index is 11.2. The van der Waals surface area contributed by atoms with E-state index in [1.54, 1.807) is 6.08 Å². The lowest BCUT2D eigenvalue weighted by Gasteiger charge is -2.27. The lowest BCUT2D eigenvalue weighted by molar-refractivity contribution is -0.110. The molecule has 2 rings (SSSR count).